The first-order valence-electron chi connectivity index (χ1n) is 13.9. The lowest BCUT2D eigenvalue weighted by Crippen LogP contribution is -2.23. The number of aryl methyl sites for hydroxylation is 1. The zero-order chi connectivity index (χ0) is 30.7. The van der Waals surface area contributed by atoms with Crippen molar-refractivity contribution in [2.75, 3.05) is 11.9 Å². The van der Waals surface area contributed by atoms with Crippen LogP contribution in [-0.2, 0) is 4.79 Å². The van der Waals surface area contributed by atoms with Gasteiger partial charge in [0.15, 0.2) is 6.61 Å². The van der Waals surface area contributed by atoms with Gasteiger partial charge in [-0.05, 0) is 93.1 Å². The van der Waals surface area contributed by atoms with Gasteiger partial charge in [-0.3, -0.25) is 9.59 Å². The molecule has 1 atom stereocenters. The molecule has 5 aromatic rings. The average Bonchev–Trinajstić information content (AvgIpc) is 3.29. The van der Waals surface area contributed by atoms with Gasteiger partial charge in [-0.15, -0.1) is 0 Å². The van der Waals surface area contributed by atoms with Gasteiger partial charge in [0.05, 0.1) is 17.1 Å². The van der Waals surface area contributed by atoms with Gasteiger partial charge in [-0.25, -0.2) is 4.98 Å². The van der Waals surface area contributed by atoms with E-state index in [2.05, 4.69) is 37.8 Å². The number of ether oxygens (including phenoxy) is 1. The number of carbonyl (C=O) groups excluding carboxylic acids is 1. The summed E-state index contributed by atoms with van der Waals surface area (Å²) in [5, 5.41) is 8.53. The minimum Gasteiger partial charge on any atom is -0.484 e. The first-order chi connectivity index (χ1) is 20.6. The highest BCUT2D eigenvalue weighted by Crippen LogP contribution is 2.24. The van der Waals surface area contributed by atoms with Crippen LogP contribution in [0.25, 0.3) is 16.6 Å². The summed E-state index contributed by atoms with van der Waals surface area (Å²) in [5.74, 6) is 0.989. The number of anilines is 1. The van der Waals surface area contributed by atoms with Crippen LogP contribution in [0, 0.1) is 13.8 Å². The van der Waals surface area contributed by atoms with E-state index in [9.17, 15) is 9.59 Å². The fourth-order valence-electron chi connectivity index (χ4n) is 4.79. The maximum absolute atomic E-state index is 13.5. The van der Waals surface area contributed by atoms with E-state index < -0.39 is 0 Å². The SMILES string of the molecule is CC[C@@H](C)c1nc2ccc(Br)cc2c(=O)n1N=Cc1cc(C)n(-c2ccc(OCC(=O)Nc3ccc(Cl)cc3)cc2)c1C. The molecule has 2 aromatic heterocycles. The number of hydrogen-bond donors (Lipinski definition) is 1. The number of carbonyl (C=O) groups is 1. The van der Waals surface area contributed by atoms with Gasteiger partial charge < -0.3 is 14.6 Å². The fraction of sp³-hybridized carbons (Fsp3) is 0.212. The van der Waals surface area contributed by atoms with Gasteiger partial charge in [0.25, 0.3) is 11.5 Å². The van der Waals surface area contributed by atoms with Crippen LogP contribution in [0.2, 0.25) is 5.02 Å². The Morgan fingerprint density at radius 2 is 1.81 bits per heavy atom. The van der Waals surface area contributed by atoms with E-state index >= 15 is 0 Å². The summed E-state index contributed by atoms with van der Waals surface area (Å²) in [6.45, 7) is 8.01. The Morgan fingerprint density at radius 1 is 1.09 bits per heavy atom. The molecule has 8 nitrogen and oxygen atoms in total. The van der Waals surface area contributed by atoms with Crippen molar-refractivity contribution in [1.82, 2.24) is 14.2 Å². The van der Waals surface area contributed by atoms with Crippen LogP contribution in [0.3, 0.4) is 0 Å². The topological polar surface area (TPSA) is 90.5 Å². The first-order valence-corrected chi connectivity index (χ1v) is 15.1. The molecule has 3 aromatic carbocycles. The van der Waals surface area contributed by atoms with Crippen molar-refractivity contribution in [1.29, 1.82) is 0 Å². The van der Waals surface area contributed by atoms with Crippen LogP contribution in [0.15, 0.2) is 87.2 Å². The summed E-state index contributed by atoms with van der Waals surface area (Å²) in [7, 11) is 0. The molecule has 220 valence electrons. The number of nitrogens with zero attached hydrogens (tertiary/aromatic N) is 4. The molecule has 0 radical (unpaired) electrons. The van der Waals surface area contributed by atoms with E-state index in [1.807, 2.05) is 63.2 Å². The van der Waals surface area contributed by atoms with Gasteiger partial charge >= 0.3 is 0 Å². The molecule has 0 aliphatic heterocycles. The number of hydrogen-bond acceptors (Lipinski definition) is 5. The van der Waals surface area contributed by atoms with Gasteiger partial charge in [0.1, 0.15) is 11.6 Å². The summed E-state index contributed by atoms with van der Waals surface area (Å²) >= 11 is 9.35. The molecule has 1 N–H and O–H groups in total. The van der Waals surface area contributed by atoms with Crippen LogP contribution in [0.1, 0.15) is 49.0 Å². The molecule has 0 unspecified atom stereocenters. The first kappa shape index (κ1) is 30.3. The molecule has 10 heteroatoms. The quantitative estimate of drug-likeness (QED) is 0.165. The number of halogens is 2. The molecule has 0 aliphatic rings. The van der Waals surface area contributed by atoms with E-state index in [1.54, 1.807) is 36.5 Å². The number of nitrogens with one attached hydrogen (secondary N) is 1. The van der Waals surface area contributed by atoms with E-state index in [4.69, 9.17) is 21.3 Å². The summed E-state index contributed by atoms with van der Waals surface area (Å²) in [6, 6.07) is 22.0. The largest absolute Gasteiger partial charge is 0.484 e. The predicted molar refractivity (Wildman–Crippen MR) is 176 cm³/mol. The molecule has 0 aliphatic carbocycles. The molecule has 0 saturated carbocycles. The highest BCUT2D eigenvalue weighted by atomic mass is 79.9. The number of aromatic nitrogens is 3. The molecule has 1 amide bonds. The Bertz CT molecular complexity index is 1880. The maximum Gasteiger partial charge on any atom is 0.282 e. The highest BCUT2D eigenvalue weighted by molar-refractivity contribution is 9.10. The second-order valence-corrected chi connectivity index (χ2v) is 11.7. The Morgan fingerprint density at radius 3 is 2.51 bits per heavy atom. The van der Waals surface area contributed by atoms with Gasteiger partial charge in [-0.2, -0.15) is 9.78 Å². The van der Waals surface area contributed by atoms with Crippen molar-refractivity contribution in [3.05, 3.63) is 115 Å². The van der Waals surface area contributed by atoms with Crippen LogP contribution in [-0.4, -0.2) is 33.0 Å². The third-order valence-corrected chi connectivity index (χ3v) is 8.01. The number of rotatable bonds is 9. The normalized spacial score (nSPS) is 12.1. The Balaban J connectivity index is 1.35. The monoisotopic (exact) mass is 659 g/mol. The molecule has 0 saturated heterocycles. The summed E-state index contributed by atoms with van der Waals surface area (Å²) < 4.78 is 10.0. The summed E-state index contributed by atoms with van der Waals surface area (Å²) in [5.41, 5.74) is 4.89. The highest BCUT2D eigenvalue weighted by Gasteiger charge is 2.16. The van der Waals surface area contributed by atoms with Crippen molar-refractivity contribution in [3.8, 4) is 11.4 Å². The maximum atomic E-state index is 13.5. The van der Waals surface area contributed by atoms with E-state index in [-0.39, 0.29) is 24.0 Å². The van der Waals surface area contributed by atoms with E-state index in [0.29, 0.717) is 33.2 Å². The average molecular weight is 661 g/mol. The lowest BCUT2D eigenvalue weighted by molar-refractivity contribution is -0.118. The molecule has 2 heterocycles. The Hall–Kier alpha value is -4.21. The lowest BCUT2D eigenvalue weighted by Gasteiger charge is -2.14. The molecule has 5 rings (SSSR count). The molecular formula is C33H31BrClN5O3. The smallest absolute Gasteiger partial charge is 0.282 e. The van der Waals surface area contributed by atoms with E-state index in [0.717, 1.165) is 33.5 Å². The predicted octanol–water partition coefficient (Wildman–Crippen LogP) is 7.63. The van der Waals surface area contributed by atoms with Crippen LogP contribution >= 0.6 is 27.5 Å². The van der Waals surface area contributed by atoms with Crippen LogP contribution < -0.4 is 15.6 Å². The zero-order valence-electron chi connectivity index (χ0n) is 24.3. The fourth-order valence-corrected chi connectivity index (χ4v) is 5.27. The van der Waals surface area contributed by atoms with E-state index in [1.165, 1.54) is 4.68 Å². The second-order valence-electron chi connectivity index (χ2n) is 10.3. The Kier molecular flexibility index (Phi) is 9.13. The van der Waals surface area contributed by atoms with Crippen molar-refractivity contribution in [3.63, 3.8) is 0 Å². The van der Waals surface area contributed by atoms with Crippen molar-refractivity contribution >= 4 is 56.2 Å². The van der Waals surface area contributed by atoms with Gasteiger partial charge in [-0.1, -0.05) is 41.4 Å². The van der Waals surface area contributed by atoms with Crippen molar-refractivity contribution in [2.45, 2.75) is 40.0 Å². The molecule has 0 fully saturated rings. The Labute approximate surface area is 263 Å². The van der Waals surface area contributed by atoms with Crippen molar-refractivity contribution in [2.24, 2.45) is 5.10 Å². The van der Waals surface area contributed by atoms with Crippen LogP contribution in [0.5, 0.6) is 5.75 Å². The van der Waals surface area contributed by atoms with Gasteiger partial charge in [0.2, 0.25) is 0 Å². The molecule has 0 bridgehead atoms. The van der Waals surface area contributed by atoms with Crippen molar-refractivity contribution < 1.29 is 9.53 Å². The molecular weight excluding hydrogens is 630 g/mol. The van der Waals surface area contributed by atoms with Crippen LogP contribution in [0.4, 0.5) is 5.69 Å². The second kappa shape index (κ2) is 13.0. The third kappa shape index (κ3) is 6.73. The van der Waals surface area contributed by atoms with Gasteiger partial charge in [0, 0.05) is 43.7 Å². The molecule has 0 spiro atoms. The molecule has 43 heavy (non-hydrogen) atoms. The summed E-state index contributed by atoms with van der Waals surface area (Å²) in [4.78, 5) is 30.6. The third-order valence-electron chi connectivity index (χ3n) is 7.26. The zero-order valence-corrected chi connectivity index (χ0v) is 26.6. The standard InChI is InChI=1S/C33H31BrClN5O3/c1-5-20(2)32-38-30-15-6-24(34)17-29(30)33(42)40(32)36-18-23-16-21(3)39(22(23)4)27-11-13-28(14-12-27)43-19-31(41)37-26-9-7-25(35)8-10-26/h6-18,20H,5,19H2,1-4H3,(H,37,41)/t20-/m1/s1. The summed E-state index contributed by atoms with van der Waals surface area (Å²) in [6.07, 6.45) is 2.54. The minimum atomic E-state index is -0.266. The minimum absolute atomic E-state index is 0.0505. The number of fused-ring (bicyclic) bond motifs is 1. The lowest BCUT2D eigenvalue weighted by atomic mass is 10.1. The number of amides is 1. The number of benzene rings is 3.